The molecule has 3 atom stereocenters. The van der Waals surface area contributed by atoms with Gasteiger partial charge in [-0.1, -0.05) is 12.1 Å². The Hall–Kier alpha value is -1.19. The maximum Gasteiger partial charge on any atom is 0.322 e. The third kappa shape index (κ3) is 3.51. The second-order valence-electron chi connectivity index (χ2n) is 5.97. The predicted molar refractivity (Wildman–Crippen MR) is 91.7 cm³/mol. The molecule has 2 aliphatic rings. The Morgan fingerprint density at radius 3 is 2.61 bits per heavy atom. The molecule has 124 valence electrons. The molecule has 0 saturated carbocycles. The van der Waals surface area contributed by atoms with Gasteiger partial charge >= 0.3 is 6.03 Å². The maximum absolute atomic E-state index is 12.3. The quantitative estimate of drug-likeness (QED) is 0.569. The van der Waals surface area contributed by atoms with Crippen LogP contribution in [-0.4, -0.2) is 30.4 Å². The van der Waals surface area contributed by atoms with E-state index in [4.69, 9.17) is 9.47 Å². The predicted octanol–water partition coefficient (Wildman–Crippen LogP) is 2.47. The Morgan fingerprint density at radius 1 is 1.30 bits per heavy atom. The van der Waals surface area contributed by atoms with E-state index in [1.165, 1.54) is 0 Å². The van der Waals surface area contributed by atoms with Crippen LogP contribution in [0.1, 0.15) is 37.9 Å². The van der Waals surface area contributed by atoms with Crippen LogP contribution in [0.4, 0.5) is 4.79 Å². The van der Waals surface area contributed by atoms with Gasteiger partial charge in [-0.2, -0.15) is 0 Å². The van der Waals surface area contributed by atoms with Crippen molar-refractivity contribution >= 4 is 34.5 Å². The van der Waals surface area contributed by atoms with Crippen molar-refractivity contribution in [2.75, 3.05) is 6.61 Å². The number of urea groups is 1. The molecule has 1 aromatic carbocycles. The average molecular weight is 430 g/mol. The smallest absolute Gasteiger partial charge is 0.322 e. The summed E-state index contributed by atoms with van der Waals surface area (Å²) in [7, 11) is 0. The van der Waals surface area contributed by atoms with E-state index in [1.807, 2.05) is 24.3 Å². The summed E-state index contributed by atoms with van der Waals surface area (Å²) < 4.78 is 12.9. The monoisotopic (exact) mass is 430 g/mol. The SMILES string of the molecule is C[C@]1(C(O[C@@H]2CCCCO2)c2ccc(I)cc2)NC(=O)NC1=O. The fourth-order valence-corrected chi connectivity index (χ4v) is 3.26. The van der Waals surface area contributed by atoms with Crippen molar-refractivity contribution in [3.05, 3.63) is 33.4 Å². The van der Waals surface area contributed by atoms with Gasteiger partial charge < -0.3 is 14.8 Å². The van der Waals surface area contributed by atoms with Crippen LogP contribution in [0.25, 0.3) is 0 Å². The highest BCUT2D eigenvalue weighted by Crippen LogP contribution is 2.35. The molecule has 6 nitrogen and oxygen atoms in total. The lowest BCUT2D eigenvalue weighted by Crippen LogP contribution is -2.51. The number of benzene rings is 1. The standard InChI is InChI=1S/C16H19IN2O4/c1-16(14(20)18-15(21)19-16)13(10-5-7-11(17)8-6-10)23-12-4-2-3-9-22-12/h5-8,12-13H,2-4,9H2,1H3,(H2,18,19,20,21)/t12-,13?,16-/m1/s1. The molecule has 7 heteroatoms. The third-order valence-corrected chi connectivity index (χ3v) is 4.91. The van der Waals surface area contributed by atoms with Gasteiger partial charge in [-0.15, -0.1) is 0 Å². The van der Waals surface area contributed by atoms with Crippen molar-refractivity contribution in [2.45, 2.75) is 44.1 Å². The first kappa shape index (κ1) is 16.7. The van der Waals surface area contributed by atoms with E-state index in [-0.39, 0.29) is 12.2 Å². The highest BCUT2D eigenvalue weighted by atomic mass is 127. The average Bonchev–Trinajstić information content (AvgIpc) is 2.80. The fraction of sp³-hybridized carbons (Fsp3) is 0.500. The minimum atomic E-state index is -1.16. The lowest BCUT2D eigenvalue weighted by atomic mass is 9.89. The first-order valence-corrected chi connectivity index (χ1v) is 8.73. The molecule has 1 unspecified atom stereocenters. The van der Waals surface area contributed by atoms with E-state index in [0.717, 1.165) is 28.4 Å². The summed E-state index contributed by atoms with van der Waals surface area (Å²) in [5, 5.41) is 5.00. The maximum atomic E-state index is 12.3. The number of amides is 3. The Kier molecular flexibility index (Phi) is 4.88. The largest absolute Gasteiger partial charge is 0.353 e. The zero-order valence-electron chi connectivity index (χ0n) is 12.8. The molecular formula is C16H19IN2O4. The van der Waals surface area contributed by atoms with Crippen molar-refractivity contribution in [1.29, 1.82) is 0 Å². The van der Waals surface area contributed by atoms with Gasteiger partial charge in [0.05, 0.1) is 0 Å². The van der Waals surface area contributed by atoms with Crippen LogP contribution >= 0.6 is 22.6 Å². The molecule has 2 N–H and O–H groups in total. The number of hydrogen-bond donors (Lipinski definition) is 2. The summed E-state index contributed by atoms with van der Waals surface area (Å²) in [5.41, 5.74) is -0.329. The van der Waals surface area contributed by atoms with Crippen molar-refractivity contribution in [1.82, 2.24) is 10.6 Å². The second kappa shape index (κ2) is 6.74. The summed E-state index contributed by atoms with van der Waals surface area (Å²) in [6.45, 7) is 2.33. The minimum absolute atomic E-state index is 0.366. The highest BCUT2D eigenvalue weighted by Gasteiger charge is 2.50. The molecule has 0 bridgehead atoms. The van der Waals surface area contributed by atoms with Crippen molar-refractivity contribution in [3.63, 3.8) is 0 Å². The molecule has 0 spiro atoms. The number of carbonyl (C=O) groups is 2. The van der Waals surface area contributed by atoms with Crippen LogP contribution in [0, 0.1) is 3.57 Å². The van der Waals surface area contributed by atoms with Crippen LogP contribution in [0.15, 0.2) is 24.3 Å². The number of hydrogen-bond acceptors (Lipinski definition) is 4. The summed E-state index contributed by atoms with van der Waals surface area (Å²) in [4.78, 5) is 23.9. The minimum Gasteiger partial charge on any atom is -0.353 e. The summed E-state index contributed by atoms with van der Waals surface area (Å²) in [6.07, 6.45) is 1.85. The van der Waals surface area contributed by atoms with E-state index < -0.39 is 17.7 Å². The molecule has 3 rings (SSSR count). The first-order chi connectivity index (χ1) is 11.0. The van der Waals surface area contributed by atoms with Crippen molar-refractivity contribution in [2.24, 2.45) is 0 Å². The van der Waals surface area contributed by atoms with Crippen molar-refractivity contribution < 1.29 is 19.1 Å². The summed E-state index contributed by atoms with van der Waals surface area (Å²) in [5.74, 6) is -0.387. The third-order valence-electron chi connectivity index (χ3n) is 4.19. The molecule has 2 aliphatic heterocycles. The van der Waals surface area contributed by atoms with Crippen LogP contribution in [-0.2, 0) is 14.3 Å². The van der Waals surface area contributed by atoms with E-state index in [0.29, 0.717) is 6.61 Å². The molecule has 1 aromatic rings. The Labute approximate surface area is 148 Å². The Morgan fingerprint density at radius 2 is 2.04 bits per heavy atom. The number of rotatable bonds is 4. The molecule has 2 saturated heterocycles. The van der Waals surface area contributed by atoms with Crippen molar-refractivity contribution in [3.8, 4) is 0 Å². The number of imide groups is 1. The van der Waals surface area contributed by atoms with Gasteiger partial charge in [0.1, 0.15) is 11.6 Å². The van der Waals surface area contributed by atoms with Gasteiger partial charge in [0.2, 0.25) is 0 Å². The Balaban J connectivity index is 1.90. The van der Waals surface area contributed by atoms with Gasteiger partial charge in [0.25, 0.3) is 5.91 Å². The topological polar surface area (TPSA) is 76.7 Å². The van der Waals surface area contributed by atoms with E-state index in [9.17, 15) is 9.59 Å². The van der Waals surface area contributed by atoms with Crippen LogP contribution < -0.4 is 10.6 Å². The molecule has 0 aliphatic carbocycles. The molecule has 3 amide bonds. The van der Waals surface area contributed by atoms with Crippen LogP contribution in [0.5, 0.6) is 0 Å². The number of halogens is 1. The second-order valence-corrected chi connectivity index (χ2v) is 7.22. The van der Waals surface area contributed by atoms with E-state index in [1.54, 1.807) is 6.92 Å². The normalized spacial score (nSPS) is 29.0. The lowest BCUT2D eigenvalue weighted by Gasteiger charge is -2.35. The van der Waals surface area contributed by atoms with Crippen LogP contribution in [0.3, 0.4) is 0 Å². The lowest BCUT2D eigenvalue weighted by molar-refractivity contribution is -0.203. The molecule has 2 fully saturated rings. The summed E-state index contributed by atoms with van der Waals surface area (Å²) >= 11 is 2.22. The van der Waals surface area contributed by atoms with Gasteiger partial charge in [-0.25, -0.2) is 4.79 Å². The fourth-order valence-electron chi connectivity index (χ4n) is 2.90. The van der Waals surface area contributed by atoms with Gasteiger partial charge in [-0.3, -0.25) is 10.1 Å². The summed E-state index contributed by atoms with van der Waals surface area (Å²) in [6, 6.07) is 7.23. The van der Waals surface area contributed by atoms with Gasteiger partial charge in [-0.05, 0) is 66.5 Å². The van der Waals surface area contributed by atoms with E-state index >= 15 is 0 Å². The Bertz CT molecular complexity index is 601. The first-order valence-electron chi connectivity index (χ1n) is 7.65. The zero-order valence-corrected chi connectivity index (χ0v) is 15.0. The number of carbonyl (C=O) groups excluding carboxylic acids is 2. The molecule has 0 aromatic heterocycles. The molecule has 2 heterocycles. The molecular weight excluding hydrogens is 411 g/mol. The van der Waals surface area contributed by atoms with Gasteiger partial charge in [0, 0.05) is 10.2 Å². The zero-order chi connectivity index (χ0) is 16.4. The molecule has 23 heavy (non-hydrogen) atoms. The van der Waals surface area contributed by atoms with Gasteiger partial charge in [0.15, 0.2) is 6.29 Å². The number of nitrogens with one attached hydrogen (secondary N) is 2. The van der Waals surface area contributed by atoms with E-state index in [2.05, 4.69) is 33.2 Å². The van der Waals surface area contributed by atoms with Crippen LogP contribution in [0.2, 0.25) is 0 Å². The number of ether oxygens (including phenoxy) is 2. The highest BCUT2D eigenvalue weighted by molar-refractivity contribution is 14.1. The molecule has 0 radical (unpaired) electrons.